The van der Waals surface area contributed by atoms with Crippen LogP contribution < -0.4 is 4.90 Å². The molecule has 0 N–H and O–H groups in total. The Hall–Kier alpha value is -3.85. The van der Waals surface area contributed by atoms with Crippen LogP contribution in [0.3, 0.4) is 0 Å². The first-order valence-electron chi connectivity index (χ1n) is 10.5. The molecule has 3 saturated heterocycles. The SMILES string of the molecule is O=C1[C@@H]2[C@@H]3O[C@@H]([C@H]4C(c5cnn(-c6ccccc6)n5)=NO[C@@H]34)[C@@H]2C(=O)N1c1ccccc1. The Kier molecular flexibility index (Phi) is 3.52. The van der Waals surface area contributed by atoms with E-state index in [1.165, 1.54) is 9.70 Å². The number of carbonyl (C=O) groups excluding carboxylic acids is 2. The van der Waals surface area contributed by atoms with Gasteiger partial charge in [-0.25, -0.2) is 4.90 Å². The van der Waals surface area contributed by atoms with Crippen molar-refractivity contribution in [1.82, 2.24) is 15.0 Å². The van der Waals surface area contributed by atoms with Crippen LogP contribution in [0.5, 0.6) is 0 Å². The number of hydrogen-bond donors (Lipinski definition) is 0. The van der Waals surface area contributed by atoms with Crippen molar-refractivity contribution in [2.75, 3.05) is 4.90 Å². The summed E-state index contributed by atoms with van der Waals surface area (Å²) in [6.45, 7) is 0. The van der Waals surface area contributed by atoms with Crippen LogP contribution in [0.25, 0.3) is 5.69 Å². The molecule has 4 aliphatic heterocycles. The zero-order chi connectivity index (χ0) is 21.4. The fraction of sp³-hybridized carbons (Fsp3) is 0.261. The van der Waals surface area contributed by atoms with Gasteiger partial charge in [0.1, 0.15) is 17.5 Å². The van der Waals surface area contributed by atoms with Gasteiger partial charge in [0.05, 0.1) is 41.4 Å². The molecule has 0 spiro atoms. The average Bonchev–Trinajstić information content (AvgIpc) is 3.62. The zero-order valence-electron chi connectivity index (χ0n) is 16.7. The van der Waals surface area contributed by atoms with E-state index in [1.807, 2.05) is 48.5 Å². The van der Waals surface area contributed by atoms with Gasteiger partial charge in [-0.15, -0.1) is 5.10 Å². The Morgan fingerprint density at radius 2 is 1.41 bits per heavy atom. The predicted molar refractivity (Wildman–Crippen MR) is 111 cm³/mol. The number of oxime groups is 1. The summed E-state index contributed by atoms with van der Waals surface area (Å²) in [5.41, 5.74) is 2.60. The number of benzene rings is 2. The van der Waals surface area contributed by atoms with E-state index < -0.39 is 30.1 Å². The number of aromatic nitrogens is 3. The Bertz CT molecular complexity index is 1270. The molecule has 2 bridgehead atoms. The van der Waals surface area contributed by atoms with Gasteiger partial charge in [-0.1, -0.05) is 41.6 Å². The van der Waals surface area contributed by atoms with Crippen molar-refractivity contribution in [3.05, 3.63) is 72.6 Å². The number of para-hydroxylation sites is 2. The predicted octanol–water partition coefficient (Wildman–Crippen LogP) is 1.57. The topological polar surface area (TPSA) is 98.9 Å². The molecular formula is C23H17N5O4. The molecule has 7 rings (SSSR count). The lowest BCUT2D eigenvalue weighted by Gasteiger charge is -2.25. The molecule has 0 aliphatic carbocycles. The highest BCUT2D eigenvalue weighted by Gasteiger charge is 2.72. The summed E-state index contributed by atoms with van der Waals surface area (Å²) >= 11 is 0. The standard InChI is InChI=1S/C23H17N5O4/c29-22-15-16(23(30)27(22)12-7-3-1-4-8-12)20-21-17(19(15)31-20)18(26-32-21)14-11-24-28(25-14)13-9-5-2-6-10-13/h1-11,15-17,19-21H/t15-,16+,17-,19-,20+,21-/m1/s1. The first-order chi connectivity index (χ1) is 15.7. The Morgan fingerprint density at radius 1 is 0.750 bits per heavy atom. The Balaban J connectivity index is 1.21. The Morgan fingerprint density at radius 3 is 2.12 bits per heavy atom. The quantitative estimate of drug-likeness (QED) is 0.589. The molecule has 5 heterocycles. The maximum atomic E-state index is 13.3. The van der Waals surface area contributed by atoms with E-state index in [-0.39, 0.29) is 17.7 Å². The van der Waals surface area contributed by atoms with Gasteiger partial charge in [-0.3, -0.25) is 9.59 Å². The van der Waals surface area contributed by atoms with Gasteiger partial charge in [-0.2, -0.15) is 9.90 Å². The second kappa shape index (κ2) is 6.33. The van der Waals surface area contributed by atoms with Crippen molar-refractivity contribution >= 4 is 23.2 Å². The number of imide groups is 1. The van der Waals surface area contributed by atoms with Crippen LogP contribution in [-0.2, 0) is 19.2 Å². The molecule has 0 radical (unpaired) electrons. The molecule has 0 unspecified atom stereocenters. The van der Waals surface area contributed by atoms with Gasteiger partial charge in [0.15, 0.2) is 6.10 Å². The summed E-state index contributed by atoms with van der Waals surface area (Å²) in [6, 6.07) is 18.6. The maximum absolute atomic E-state index is 13.3. The lowest BCUT2D eigenvalue weighted by Crippen LogP contribution is -2.45. The molecule has 6 atom stereocenters. The summed E-state index contributed by atoms with van der Waals surface area (Å²) in [7, 11) is 0. The number of fused-ring (bicyclic) bond motifs is 8. The first-order valence-corrected chi connectivity index (χ1v) is 10.5. The zero-order valence-corrected chi connectivity index (χ0v) is 16.7. The second-order valence-electron chi connectivity index (χ2n) is 8.39. The van der Waals surface area contributed by atoms with Crippen LogP contribution >= 0.6 is 0 Å². The summed E-state index contributed by atoms with van der Waals surface area (Å²) in [5, 5.41) is 13.2. The molecule has 9 nitrogen and oxygen atoms in total. The van der Waals surface area contributed by atoms with Gasteiger partial charge in [0.2, 0.25) is 11.8 Å². The monoisotopic (exact) mass is 427 g/mol. The molecule has 3 fully saturated rings. The van der Waals surface area contributed by atoms with E-state index in [4.69, 9.17) is 9.57 Å². The van der Waals surface area contributed by atoms with Gasteiger partial charge < -0.3 is 9.57 Å². The highest BCUT2D eigenvalue weighted by atomic mass is 16.7. The van der Waals surface area contributed by atoms with E-state index in [0.29, 0.717) is 17.1 Å². The molecule has 158 valence electrons. The Labute approximate surface area is 182 Å². The largest absolute Gasteiger partial charge is 0.389 e. The minimum Gasteiger partial charge on any atom is -0.389 e. The lowest BCUT2D eigenvalue weighted by atomic mass is 9.72. The smallest absolute Gasteiger partial charge is 0.240 e. The van der Waals surface area contributed by atoms with Gasteiger partial charge in [-0.05, 0) is 24.3 Å². The van der Waals surface area contributed by atoms with Crippen LogP contribution in [0.1, 0.15) is 5.69 Å². The number of hydrogen-bond acceptors (Lipinski definition) is 7. The fourth-order valence-corrected chi connectivity index (χ4v) is 5.47. The highest BCUT2D eigenvalue weighted by molar-refractivity contribution is 6.23. The van der Waals surface area contributed by atoms with Crippen molar-refractivity contribution < 1.29 is 19.2 Å². The van der Waals surface area contributed by atoms with Crippen molar-refractivity contribution in [3.8, 4) is 5.69 Å². The molecule has 2 aromatic carbocycles. The van der Waals surface area contributed by atoms with Crippen molar-refractivity contribution in [2.24, 2.45) is 22.9 Å². The lowest BCUT2D eigenvalue weighted by molar-refractivity contribution is -0.125. The van der Waals surface area contributed by atoms with Crippen LogP contribution in [0.2, 0.25) is 0 Å². The van der Waals surface area contributed by atoms with Crippen LogP contribution in [-0.4, -0.2) is 50.8 Å². The summed E-state index contributed by atoms with van der Waals surface area (Å²) in [6.07, 6.45) is 0.235. The number of carbonyl (C=O) groups is 2. The van der Waals surface area contributed by atoms with E-state index in [9.17, 15) is 9.59 Å². The fourth-order valence-electron chi connectivity index (χ4n) is 5.47. The number of rotatable bonds is 3. The van der Waals surface area contributed by atoms with Gasteiger partial charge >= 0.3 is 0 Å². The van der Waals surface area contributed by atoms with Gasteiger partial charge in [0, 0.05) is 0 Å². The second-order valence-corrected chi connectivity index (χ2v) is 8.39. The van der Waals surface area contributed by atoms with Gasteiger partial charge in [0.25, 0.3) is 0 Å². The number of ether oxygens (including phenoxy) is 1. The molecular weight excluding hydrogens is 410 g/mol. The highest BCUT2D eigenvalue weighted by Crippen LogP contribution is 2.55. The first kappa shape index (κ1) is 17.8. The molecule has 0 saturated carbocycles. The molecule has 9 heteroatoms. The van der Waals surface area contributed by atoms with E-state index in [0.717, 1.165) is 5.69 Å². The number of anilines is 1. The van der Waals surface area contributed by atoms with Crippen molar-refractivity contribution in [1.29, 1.82) is 0 Å². The molecule has 4 aliphatic rings. The van der Waals surface area contributed by atoms with E-state index >= 15 is 0 Å². The van der Waals surface area contributed by atoms with Crippen LogP contribution in [0.15, 0.2) is 72.0 Å². The number of nitrogens with zero attached hydrogens (tertiary/aromatic N) is 5. The van der Waals surface area contributed by atoms with Crippen LogP contribution in [0, 0.1) is 17.8 Å². The van der Waals surface area contributed by atoms with E-state index in [2.05, 4.69) is 15.4 Å². The minimum absolute atomic E-state index is 0.226. The summed E-state index contributed by atoms with van der Waals surface area (Å²) in [5.74, 6) is -1.83. The third kappa shape index (κ3) is 2.23. The van der Waals surface area contributed by atoms with E-state index in [1.54, 1.807) is 18.3 Å². The molecule has 3 aromatic rings. The number of amides is 2. The minimum atomic E-state index is -0.552. The maximum Gasteiger partial charge on any atom is 0.240 e. The van der Waals surface area contributed by atoms with Crippen LogP contribution in [0.4, 0.5) is 5.69 Å². The van der Waals surface area contributed by atoms with Crippen molar-refractivity contribution in [3.63, 3.8) is 0 Å². The third-order valence-electron chi connectivity index (χ3n) is 6.80. The molecule has 1 aromatic heterocycles. The molecule has 2 amide bonds. The summed E-state index contributed by atoms with van der Waals surface area (Å²) in [4.78, 5) is 35.1. The normalized spacial score (nSPS) is 32.1. The van der Waals surface area contributed by atoms with Crippen molar-refractivity contribution in [2.45, 2.75) is 18.3 Å². The summed E-state index contributed by atoms with van der Waals surface area (Å²) < 4.78 is 6.15. The average molecular weight is 427 g/mol. The third-order valence-corrected chi connectivity index (χ3v) is 6.80. The molecule has 32 heavy (non-hydrogen) atoms.